The van der Waals surface area contributed by atoms with Gasteiger partial charge in [-0.25, -0.2) is 0 Å². The molecule has 2 fully saturated rings. The van der Waals surface area contributed by atoms with Gasteiger partial charge in [0.15, 0.2) is 0 Å². The minimum absolute atomic E-state index is 0.00258. The van der Waals surface area contributed by atoms with Crippen molar-refractivity contribution in [1.29, 1.82) is 0 Å². The van der Waals surface area contributed by atoms with Crippen molar-refractivity contribution >= 4 is 23.5 Å². The summed E-state index contributed by atoms with van der Waals surface area (Å²) in [7, 11) is 0. The molecule has 0 amide bonds. The third kappa shape index (κ3) is 3.74. The van der Waals surface area contributed by atoms with Crippen LogP contribution < -0.4 is 0 Å². The molecule has 0 aromatic carbocycles. The number of ether oxygens (including phenoxy) is 1. The van der Waals surface area contributed by atoms with Crippen LogP contribution in [0.15, 0.2) is 0 Å². The number of hydrogen-bond acceptors (Lipinski definition) is 5. The molecule has 0 bridgehead atoms. The molecule has 1 heterocycles. The van der Waals surface area contributed by atoms with Crippen LogP contribution >= 0.6 is 0 Å². The predicted molar refractivity (Wildman–Crippen MR) is 102 cm³/mol. The standard InChI is InChI=1S/C22H34O5/c1-11(2)16-14(23)9-15(24)18(16)21(5,6)10-13-17(20(26)27-19(13)25)22(7,8)12(3)4/h11-13,16-18H,9-10H2,1-8H3. The zero-order valence-corrected chi connectivity index (χ0v) is 17.9. The zero-order chi connectivity index (χ0) is 20.9. The van der Waals surface area contributed by atoms with E-state index in [9.17, 15) is 19.2 Å². The van der Waals surface area contributed by atoms with Crippen molar-refractivity contribution in [2.75, 3.05) is 0 Å². The van der Waals surface area contributed by atoms with E-state index in [4.69, 9.17) is 4.74 Å². The second kappa shape index (κ2) is 7.14. The third-order valence-electron chi connectivity index (χ3n) is 7.18. The zero-order valence-electron chi connectivity index (χ0n) is 17.9. The second-order valence-electron chi connectivity index (χ2n) is 10.3. The summed E-state index contributed by atoms with van der Waals surface area (Å²) in [5, 5.41) is 0. The van der Waals surface area contributed by atoms with Crippen molar-refractivity contribution in [3.05, 3.63) is 0 Å². The number of Topliss-reactive ketones (excluding diaryl/α,β-unsaturated/α-hetero) is 2. The quantitative estimate of drug-likeness (QED) is 0.518. The summed E-state index contributed by atoms with van der Waals surface area (Å²) >= 11 is 0. The Hall–Kier alpha value is -1.52. The molecule has 0 N–H and O–H groups in total. The molecule has 1 aliphatic carbocycles. The van der Waals surface area contributed by atoms with Gasteiger partial charge >= 0.3 is 11.9 Å². The van der Waals surface area contributed by atoms with Crippen LogP contribution in [0, 0.1) is 46.3 Å². The van der Waals surface area contributed by atoms with Crippen molar-refractivity contribution in [2.24, 2.45) is 46.3 Å². The molecule has 1 saturated carbocycles. The molecule has 0 spiro atoms. The minimum Gasteiger partial charge on any atom is -0.393 e. The molecular formula is C22H34O5. The molecule has 5 heteroatoms. The van der Waals surface area contributed by atoms with E-state index in [0.29, 0.717) is 6.42 Å². The Bertz CT molecular complexity index is 656. The van der Waals surface area contributed by atoms with Crippen molar-refractivity contribution in [1.82, 2.24) is 0 Å². The van der Waals surface area contributed by atoms with E-state index in [1.54, 1.807) is 0 Å². The van der Waals surface area contributed by atoms with Crippen LogP contribution in [0.1, 0.15) is 68.2 Å². The predicted octanol–water partition coefficient (Wildman–Crippen LogP) is 3.83. The molecular weight excluding hydrogens is 344 g/mol. The third-order valence-corrected chi connectivity index (χ3v) is 7.18. The van der Waals surface area contributed by atoms with Gasteiger partial charge in [0, 0.05) is 11.8 Å². The number of rotatable bonds is 6. The van der Waals surface area contributed by atoms with E-state index in [-0.39, 0.29) is 35.7 Å². The van der Waals surface area contributed by atoms with Crippen LogP contribution in [0.25, 0.3) is 0 Å². The molecule has 4 unspecified atom stereocenters. The van der Waals surface area contributed by atoms with Crippen LogP contribution in [0.3, 0.4) is 0 Å². The van der Waals surface area contributed by atoms with Crippen LogP contribution in [0.2, 0.25) is 0 Å². The van der Waals surface area contributed by atoms with Crippen LogP contribution in [-0.4, -0.2) is 23.5 Å². The Balaban J connectivity index is 2.37. The first-order valence-corrected chi connectivity index (χ1v) is 10.0. The monoisotopic (exact) mass is 378 g/mol. The fourth-order valence-corrected chi connectivity index (χ4v) is 5.08. The molecule has 1 saturated heterocycles. The summed E-state index contributed by atoms with van der Waals surface area (Å²) in [6.45, 7) is 15.9. The number of cyclic esters (lactones) is 2. The van der Waals surface area contributed by atoms with Crippen LogP contribution in [-0.2, 0) is 23.9 Å². The number of hydrogen-bond donors (Lipinski definition) is 0. The Morgan fingerprint density at radius 3 is 1.93 bits per heavy atom. The summed E-state index contributed by atoms with van der Waals surface area (Å²) in [5.74, 6) is -2.61. The van der Waals surface area contributed by atoms with Gasteiger partial charge in [-0.2, -0.15) is 0 Å². The molecule has 0 aromatic heterocycles. The molecule has 4 atom stereocenters. The molecule has 152 valence electrons. The highest BCUT2D eigenvalue weighted by molar-refractivity contribution is 6.09. The summed E-state index contributed by atoms with van der Waals surface area (Å²) in [5.41, 5.74) is -0.977. The summed E-state index contributed by atoms with van der Waals surface area (Å²) in [4.78, 5) is 50.0. The van der Waals surface area contributed by atoms with Gasteiger partial charge in [-0.05, 0) is 29.1 Å². The van der Waals surface area contributed by atoms with Crippen molar-refractivity contribution in [3.63, 3.8) is 0 Å². The highest BCUT2D eigenvalue weighted by Crippen LogP contribution is 2.51. The normalized spacial score (nSPS) is 30.0. The van der Waals surface area contributed by atoms with Gasteiger partial charge in [-0.3, -0.25) is 19.2 Å². The van der Waals surface area contributed by atoms with Gasteiger partial charge in [0.1, 0.15) is 11.6 Å². The van der Waals surface area contributed by atoms with Gasteiger partial charge < -0.3 is 4.74 Å². The summed E-state index contributed by atoms with van der Waals surface area (Å²) < 4.78 is 5.02. The van der Waals surface area contributed by atoms with E-state index >= 15 is 0 Å². The lowest BCUT2D eigenvalue weighted by Crippen LogP contribution is -2.42. The van der Waals surface area contributed by atoms with E-state index in [1.807, 2.05) is 55.4 Å². The Labute approximate surface area is 162 Å². The molecule has 27 heavy (non-hydrogen) atoms. The molecule has 0 radical (unpaired) electrons. The fourth-order valence-electron chi connectivity index (χ4n) is 5.08. The largest absolute Gasteiger partial charge is 0.393 e. The number of carbonyl (C=O) groups is 4. The van der Waals surface area contributed by atoms with E-state index in [0.717, 1.165) is 0 Å². The highest BCUT2D eigenvalue weighted by atomic mass is 16.6. The van der Waals surface area contributed by atoms with E-state index < -0.39 is 40.5 Å². The maximum Gasteiger partial charge on any atom is 0.318 e. The first-order chi connectivity index (χ1) is 12.2. The fraction of sp³-hybridized carbons (Fsp3) is 0.818. The Morgan fingerprint density at radius 1 is 0.889 bits per heavy atom. The molecule has 2 aliphatic rings. The van der Waals surface area contributed by atoms with Crippen LogP contribution in [0.5, 0.6) is 0 Å². The minimum atomic E-state index is -0.582. The number of esters is 2. The van der Waals surface area contributed by atoms with Gasteiger partial charge in [0.2, 0.25) is 0 Å². The molecule has 5 nitrogen and oxygen atoms in total. The van der Waals surface area contributed by atoms with Crippen molar-refractivity contribution in [3.8, 4) is 0 Å². The average molecular weight is 379 g/mol. The maximum absolute atomic E-state index is 12.6. The average Bonchev–Trinajstić information content (AvgIpc) is 2.94. The van der Waals surface area contributed by atoms with Gasteiger partial charge in [0.25, 0.3) is 0 Å². The maximum atomic E-state index is 12.6. The van der Waals surface area contributed by atoms with E-state index in [1.165, 1.54) is 0 Å². The lowest BCUT2D eigenvalue weighted by molar-refractivity contribution is -0.155. The Morgan fingerprint density at radius 2 is 1.44 bits per heavy atom. The molecule has 2 rings (SSSR count). The highest BCUT2D eigenvalue weighted by Gasteiger charge is 2.57. The van der Waals surface area contributed by atoms with Gasteiger partial charge in [0.05, 0.1) is 18.3 Å². The molecule has 1 aliphatic heterocycles. The number of carbonyl (C=O) groups excluding carboxylic acids is 4. The SMILES string of the molecule is CC(C)C1C(=O)CC(=O)C1C(C)(C)CC1C(=O)OC(=O)C1C(C)(C)C(C)C. The lowest BCUT2D eigenvalue weighted by Gasteiger charge is -2.40. The van der Waals surface area contributed by atoms with Crippen LogP contribution in [0.4, 0.5) is 0 Å². The smallest absolute Gasteiger partial charge is 0.318 e. The number of ketones is 2. The Kier molecular flexibility index (Phi) is 5.76. The summed E-state index contributed by atoms with van der Waals surface area (Å²) in [6.07, 6.45) is 0.344. The second-order valence-corrected chi connectivity index (χ2v) is 10.3. The lowest BCUT2D eigenvalue weighted by atomic mass is 9.60. The van der Waals surface area contributed by atoms with Gasteiger partial charge in [-0.1, -0.05) is 55.4 Å². The molecule has 0 aromatic rings. The summed E-state index contributed by atoms with van der Waals surface area (Å²) in [6, 6.07) is 0. The first kappa shape index (κ1) is 21.8. The van der Waals surface area contributed by atoms with Gasteiger partial charge in [-0.15, -0.1) is 0 Å². The van der Waals surface area contributed by atoms with E-state index in [2.05, 4.69) is 0 Å². The first-order valence-electron chi connectivity index (χ1n) is 10.0. The van der Waals surface area contributed by atoms with Crippen molar-refractivity contribution in [2.45, 2.75) is 68.2 Å². The van der Waals surface area contributed by atoms with Crippen molar-refractivity contribution < 1.29 is 23.9 Å². The topological polar surface area (TPSA) is 77.5 Å².